The molecule has 0 aromatic carbocycles. The van der Waals surface area contributed by atoms with Crippen molar-refractivity contribution in [1.82, 2.24) is 0 Å². The lowest BCUT2D eigenvalue weighted by Gasteiger charge is -2.18. The molecule has 0 spiro atoms. The molecule has 0 heterocycles. The minimum Gasteiger partial charge on any atom is -1.00 e. The minimum atomic E-state index is -0.807. The maximum absolute atomic E-state index is 9.44. The summed E-state index contributed by atoms with van der Waals surface area (Å²) in [6, 6.07) is 0. The Morgan fingerprint density at radius 1 is 0.480 bits per heavy atom. The Bertz CT molecular complexity index is 250. The summed E-state index contributed by atoms with van der Waals surface area (Å²) in [7, 11) is 0. The van der Waals surface area contributed by atoms with Gasteiger partial charge in [-0.05, 0) is 18.2 Å². The first-order valence-electron chi connectivity index (χ1n) is 10.9. The molecular formula is C21H46BrNO2. The van der Waals surface area contributed by atoms with Crippen LogP contribution in [0.1, 0.15) is 123 Å². The van der Waals surface area contributed by atoms with Gasteiger partial charge >= 0.3 is 0 Å². The molecule has 0 saturated carbocycles. The molecule has 3 nitrogen and oxygen atoms in total. The Balaban J connectivity index is 0. The first-order valence-corrected chi connectivity index (χ1v) is 10.9. The van der Waals surface area contributed by atoms with Crippen LogP contribution in [-0.2, 0) is 0 Å². The largest absolute Gasteiger partial charge is 1.00 e. The van der Waals surface area contributed by atoms with E-state index in [4.69, 9.17) is 0 Å². The van der Waals surface area contributed by atoms with Crippen molar-refractivity contribution in [1.29, 1.82) is 0 Å². The zero-order valence-corrected chi connectivity index (χ0v) is 18.7. The molecule has 2 N–H and O–H groups in total. The fraction of sp³-hybridized carbons (Fsp3) is 1.00. The second-order valence-corrected chi connectivity index (χ2v) is 7.58. The van der Waals surface area contributed by atoms with Gasteiger partial charge < -0.3 is 17.0 Å². The maximum atomic E-state index is 9.44. The van der Waals surface area contributed by atoms with E-state index in [1.807, 2.05) is 0 Å². The molecule has 0 radical (unpaired) electrons. The summed E-state index contributed by atoms with van der Waals surface area (Å²) in [5.41, 5.74) is 0. The van der Waals surface area contributed by atoms with Crippen molar-refractivity contribution < 1.29 is 32.2 Å². The molecule has 0 aliphatic heterocycles. The first-order chi connectivity index (χ1) is 11.6. The van der Waals surface area contributed by atoms with Gasteiger partial charge in [-0.2, -0.15) is 10.4 Å². The lowest BCUT2D eigenvalue weighted by molar-refractivity contribution is -1.24. The average Bonchev–Trinajstić information content (AvgIpc) is 2.57. The molecule has 0 rings (SSSR count). The van der Waals surface area contributed by atoms with Gasteiger partial charge in [0.15, 0.2) is 0 Å². The molecule has 0 aromatic heterocycles. The molecule has 0 saturated heterocycles. The highest BCUT2D eigenvalue weighted by Gasteiger charge is 2.17. The van der Waals surface area contributed by atoms with Crippen LogP contribution in [0.25, 0.3) is 0 Å². The summed E-state index contributed by atoms with van der Waals surface area (Å²) in [6.07, 6.45) is 23.0. The molecule has 0 atom stereocenters. The minimum absolute atomic E-state index is 0. The van der Waals surface area contributed by atoms with Crippen LogP contribution in [0.4, 0.5) is 0 Å². The molecule has 154 valence electrons. The molecule has 0 unspecified atom stereocenters. The highest BCUT2D eigenvalue weighted by molar-refractivity contribution is 4.50. The van der Waals surface area contributed by atoms with Gasteiger partial charge in [0, 0.05) is 6.42 Å². The number of hydrogen-bond donors (Lipinski definition) is 2. The number of quaternary nitrogens is 1. The predicted molar refractivity (Wildman–Crippen MR) is 103 cm³/mol. The Labute approximate surface area is 168 Å². The predicted octanol–water partition coefficient (Wildman–Crippen LogP) is 4.26. The summed E-state index contributed by atoms with van der Waals surface area (Å²) in [6.45, 7) is 4.92. The fourth-order valence-corrected chi connectivity index (χ4v) is 3.25. The third-order valence-corrected chi connectivity index (χ3v) is 5.13. The second kappa shape index (κ2) is 20.7. The molecule has 0 aliphatic carbocycles. The lowest BCUT2D eigenvalue weighted by atomic mass is 10.0. The van der Waals surface area contributed by atoms with Crippen molar-refractivity contribution in [2.24, 2.45) is 0 Å². The number of hydrogen-bond acceptors (Lipinski definition) is 2. The molecule has 0 fully saturated rings. The number of halogens is 1. The van der Waals surface area contributed by atoms with E-state index in [0.29, 0.717) is 13.1 Å². The fourth-order valence-electron chi connectivity index (χ4n) is 3.25. The van der Waals surface area contributed by atoms with Crippen molar-refractivity contribution >= 4 is 0 Å². The number of nitrogens with zero attached hydrogens (tertiary/aromatic N) is 1. The SMILES string of the molecule is CCCCCCCCCCCCCCCCCCC[N+](O)(O)CC.[Br-]. The molecule has 0 aromatic rings. The summed E-state index contributed by atoms with van der Waals surface area (Å²) in [5, 5.41) is 18.9. The van der Waals surface area contributed by atoms with Crippen LogP contribution >= 0.6 is 0 Å². The van der Waals surface area contributed by atoms with Crippen molar-refractivity contribution in [2.75, 3.05) is 13.1 Å². The molecule has 0 bridgehead atoms. The van der Waals surface area contributed by atoms with E-state index in [2.05, 4.69) is 6.92 Å². The van der Waals surface area contributed by atoms with Gasteiger partial charge in [-0.15, -0.1) is 0 Å². The Morgan fingerprint density at radius 3 is 1.04 bits per heavy atom. The molecule has 25 heavy (non-hydrogen) atoms. The third kappa shape index (κ3) is 22.3. The molecule has 4 heteroatoms. The normalized spacial score (nSPS) is 11.5. The monoisotopic (exact) mass is 423 g/mol. The van der Waals surface area contributed by atoms with E-state index >= 15 is 0 Å². The van der Waals surface area contributed by atoms with Crippen LogP contribution < -0.4 is 17.0 Å². The van der Waals surface area contributed by atoms with E-state index in [9.17, 15) is 10.4 Å². The van der Waals surface area contributed by atoms with Crippen LogP contribution in [0.3, 0.4) is 0 Å². The Kier molecular flexibility index (Phi) is 22.8. The van der Waals surface area contributed by atoms with Gasteiger partial charge in [-0.1, -0.05) is 103 Å². The second-order valence-electron chi connectivity index (χ2n) is 7.58. The van der Waals surface area contributed by atoms with E-state index in [-0.39, 0.29) is 17.0 Å². The number of unbranched alkanes of at least 4 members (excludes halogenated alkanes) is 16. The highest BCUT2D eigenvalue weighted by Crippen LogP contribution is 2.14. The van der Waals surface area contributed by atoms with Gasteiger partial charge in [-0.3, -0.25) is 0 Å². The van der Waals surface area contributed by atoms with E-state index in [1.54, 1.807) is 6.92 Å². The van der Waals surface area contributed by atoms with Crippen molar-refractivity contribution in [2.45, 2.75) is 123 Å². The van der Waals surface area contributed by atoms with Crippen LogP contribution in [0, 0.1) is 0 Å². The van der Waals surface area contributed by atoms with Crippen molar-refractivity contribution in [3.63, 3.8) is 0 Å². The van der Waals surface area contributed by atoms with Gasteiger partial charge in [0.25, 0.3) is 0 Å². The quantitative estimate of drug-likeness (QED) is 0.185. The van der Waals surface area contributed by atoms with E-state index in [0.717, 1.165) is 12.8 Å². The summed E-state index contributed by atoms with van der Waals surface area (Å²) in [5.74, 6) is 0. The zero-order valence-electron chi connectivity index (χ0n) is 17.2. The lowest BCUT2D eigenvalue weighted by Crippen LogP contribution is -3.00. The molecule has 0 aliphatic rings. The van der Waals surface area contributed by atoms with Gasteiger partial charge in [0.2, 0.25) is 0 Å². The number of rotatable bonds is 19. The van der Waals surface area contributed by atoms with Gasteiger partial charge in [-0.25, -0.2) is 0 Å². The van der Waals surface area contributed by atoms with Crippen LogP contribution in [0.5, 0.6) is 0 Å². The van der Waals surface area contributed by atoms with Crippen LogP contribution in [0.15, 0.2) is 0 Å². The average molecular weight is 425 g/mol. The maximum Gasteiger partial charge on any atom is 0.142 e. The summed E-state index contributed by atoms with van der Waals surface area (Å²) >= 11 is 0. The first kappa shape index (κ1) is 27.6. The summed E-state index contributed by atoms with van der Waals surface area (Å²) in [4.78, 5) is -0.807. The van der Waals surface area contributed by atoms with E-state index in [1.165, 1.54) is 96.3 Å². The Hall–Kier alpha value is 0.360. The van der Waals surface area contributed by atoms with Gasteiger partial charge in [0.1, 0.15) is 13.1 Å². The van der Waals surface area contributed by atoms with Crippen LogP contribution in [-0.4, -0.2) is 28.3 Å². The standard InChI is InChI=1S/C21H46NO2.BrH/c1-3-5-6-7-8-9-10-11-12-13-14-15-16-17-18-19-20-21-22(23,24)4-2;/h23-24H,3-21H2,1-2H3;1H/q+1;/p-1. The number of hydroxylamine groups is 4. The van der Waals surface area contributed by atoms with E-state index < -0.39 is 4.81 Å². The van der Waals surface area contributed by atoms with Crippen molar-refractivity contribution in [3.8, 4) is 0 Å². The molecule has 0 amide bonds. The molecular weight excluding hydrogens is 378 g/mol. The summed E-state index contributed by atoms with van der Waals surface area (Å²) < 4.78 is 0. The zero-order chi connectivity index (χ0) is 17.9. The third-order valence-electron chi connectivity index (χ3n) is 5.13. The van der Waals surface area contributed by atoms with Crippen molar-refractivity contribution in [3.05, 3.63) is 0 Å². The highest BCUT2D eigenvalue weighted by atomic mass is 79.9. The van der Waals surface area contributed by atoms with Gasteiger partial charge in [0.05, 0.1) is 0 Å². The topological polar surface area (TPSA) is 40.5 Å². The Morgan fingerprint density at radius 2 is 0.760 bits per heavy atom. The smallest absolute Gasteiger partial charge is 0.142 e. The van der Waals surface area contributed by atoms with Crippen LogP contribution in [0.2, 0.25) is 0 Å².